The van der Waals surface area contributed by atoms with Crippen LogP contribution in [0.1, 0.15) is 5.56 Å². The Bertz CT molecular complexity index is 392. The lowest BCUT2D eigenvalue weighted by molar-refractivity contribution is 0.242. The minimum Gasteiger partial charge on any atom is -0.508 e. The molecular weight excluding hydrogens is 226 g/mol. The molecule has 1 saturated heterocycles. The molecule has 94 valence electrons. The van der Waals surface area contributed by atoms with Crippen LogP contribution in [0.3, 0.4) is 0 Å². The van der Waals surface area contributed by atoms with Gasteiger partial charge in [0.25, 0.3) is 0 Å². The summed E-state index contributed by atoms with van der Waals surface area (Å²) in [5, 5.41) is 12.7. The fourth-order valence-corrected chi connectivity index (χ4v) is 2.02. The van der Waals surface area contributed by atoms with Gasteiger partial charge in [-0.2, -0.15) is 0 Å². The first-order valence-corrected chi connectivity index (χ1v) is 5.77. The molecule has 5 heteroatoms. The van der Waals surface area contributed by atoms with Crippen LogP contribution in [0.4, 0.5) is 8.78 Å². The summed E-state index contributed by atoms with van der Waals surface area (Å²) in [7, 11) is 0. The third kappa shape index (κ3) is 2.92. The molecule has 0 aliphatic carbocycles. The Hall–Kier alpha value is -1.20. The van der Waals surface area contributed by atoms with Gasteiger partial charge in [0.05, 0.1) is 0 Å². The van der Waals surface area contributed by atoms with Crippen LogP contribution < -0.4 is 5.32 Å². The van der Waals surface area contributed by atoms with Gasteiger partial charge in [-0.3, -0.25) is 0 Å². The summed E-state index contributed by atoms with van der Waals surface area (Å²) in [5.41, 5.74) is 0.0727. The van der Waals surface area contributed by atoms with E-state index in [1.54, 1.807) is 0 Å². The Morgan fingerprint density at radius 2 is 1.94 bits per heavy atom. The molecule has 2 N–H and O–H groups in total. The van der Waals surface area contributed by atoms with E-state index in [1.807, 2.05) is 0 Å². The number of aromatic hydroxyl groups is 1. The number of hydrogen-bond donors (Lipinski definition) is 2. The minimum absolute atomic E-state index is 0.0727. The number of phenolic OH excluding ortho intramolecular Hbond substituents is 1. The predicted molar refractivity (Wildman–Crippen MR) is 61.0 cm³/mol. The van der Waals surface area contributed by atoms with Crippen LogP contribution in [0, 0.1) is 11.6 Å². The third-order valence-corrected chi connectivity index (χ3v) is 3.06. The molecule has 0 aromatic heterocycles. The van der Waals surface area contributed by atoms with Crippen LogP contribution >= 0.6 is 0 Å². The van der Waals surface area contributed by atoms with Gasteiger partial charge in [-0.05, 0) is 18.6 Å². The van der Waals surface area contributed by atoms with Crippen molar-refractivity contribution in [1.82, 2.24) is 10.2 Å². The Morgan fingerprint density at radius 1 is 1.24 bits per heavy atom. The highest BCUT2D eigenvalue weighted by molar-refractivity contribution is 5.34. The predicted octanol–water partition coefficient (Wildman–Crippen LogP) is 1.12. The number of piperazine rings is 1. The summed E-state index contributed by atoms with van der Waals surface area (Å²) in [6.07, 6.45) is 0.329. The first-order chi connectivity index (χ1) is 8.18. The monoisotopic (exact) mass is 242 g/mol. The van der Waals surface area contributed by atoms with Crippen LogP contribution in [0.15, 0.2) is 12.1 Å². The molecule has 0 spiro atoms. The van der Waals surface area contributed by atoms with Crippen molar-refractivity contribution in [3.8, 4) is 5.75 Å². The molecule has 1 fully saturated rings. The highest BCUT2D eigenvalue weighted by Gasteiger charge is 2.15. The maximum absolute atomic E-state index is 13.5. The third-order valence-electron chi connectivity index (χ3n) is 3.06. The Kier molecular flexibility index (Phi) is 3.91. The average molecular weight is 242 g/mol. The first-order valence-electron chi connectivity index (χ1n) is 5.77. The van der Waals surface area contributed by atoms with Crippen LogP contribution in [-0.4, -0.2) is 42.7 Å². The van der Waals surface area contributed by atoms with Crippen molar-refractivity contribution < 1.29 is 13.9 Å². The van der Waals surface area contributed by atoms with Crippen molar-refractivity contribution in [2.24, 2.45) is 0 Å². The number of halogens is 2. The van der Waals surface area contributed by atoms with Crippen LogP contribution in [-0.2, 0) is 6.42 Å². The topological polar surface area (TPSA) is 35.5 Å². The van der Waals surface area contributed by atoms with E-state index in [-0.39, 0.29) is 11.3 Å². The Morgan fingerprint density at radius 3 is 2.65 bits per heavy atom. The number of phenols is 1. The van der Waals surface area contributed by atoms with Gasteiger partial charge >= 0.3 is 0 Å². The van der Waals surface area contributed by atoms with Crippen molar-refractivity contribution in [2.75, 3.05) is 32.7 Å². The summed E-state index contributed by atoms with van der Waals surface area (Å²) in [5.74, 6) is -2.00. The quantitative estimate of drug-likeness (QED) is 0.833. The van der Waals surface area contributed by atoms with Crippen molar-refractivity contribution in [3.63, 3.8) is 0 Å². The average Bonchev–Trinajstić information content (AvgIpc) is 2.35. The maximum Gasteiger partial charge on any atom is 0.165 e. The SMILES string of the molecule is Oc1ccc(F)c(F)c1CCN1CCNCC1. The van der Waals surface area contributed by atoms with E-state index < -0.39 is 11.6 Å². The zero-order valence-electron chi connectivity index (χ0n) is 9.55. The summed E-state index contributed by atoms with van der Waals surface area (Å²) < 4.78 is 26.5. The van der Waals surface area contributed by atoms with E-state index in [1.165, 1.54) is 6.07 Å². The smallest absolute Gasteiger partial charge is 0.165 e. The molecule has 2 rings (SSSR count). The highest BCUT2D eigenvalue weighted by Crippen LogP contribution is 2.23. The van der Waals surface area contributed by atoms with E-state index in [9.17, 15) is 13.9 Å². The molecule has 0 amide bonds. The maximum atomic E-state index is 13.5. The summed E-state index contributed by atoms with van der Waals surface area (Å²) in [6, 6.07) is 2.14. The molecule has 1 aromatic carbocycles. The minimum atomic E-state index is -0.930. The normalized spacial score (nSPS) is 17.3. The van der Waals surface area contributed by atoms with Crippen molar-refractivity contribution in [1.29, 1.82) is 0 Å². The van der Waals surface area contributed by atoms with Gasteiger partial charge in [0.2, 0.25) is 0 Å². The van der Waals surface area contributed by atoms with Crippen molar-refractivity contribution in [3.05, 3.63) is 29.3 Å². The largest absolute Gasteiger partial charge is 0.508 e. The van der Waals surface area contributed by atoms with Gasteiger partial charge in [-0.15, -0.1) is 0 Å². The molecule has 1 heterocycles. The molecule has 0 bridgehead atoms. The zero-order chi connectivity index (χ0) is 12.3. The van der Waals surface area contributed by atoms with E-state index in [4.69, 9.17) is 0 Å². The lowest BCUT2D eigenvalue weighted by Gasteiger charge is -2.27. The number of hydrogen-bond acceptors (Lipinski definition) is 3. The lowest BCUT2D eigenvalue weighted by atomic mass is 10.1. The van der Waals surface area contributed by atoms with E-state index in [2.05, 4.69) is 10.2 Å². The molecule has 3 nitrogen and oxygen atoms in total. The van der Waals surface area contributed by atoms with Crippen molar-refractivity contribution in [2.45, 2.75) is 6.42 Å². The van der Waals surface area contributed by atoms with Crippen LogP contribution in [0.2, 0.25) is 0 Å². The second-order valence-electron chi connectivity index (χ2n) is 4.20. The summed E-state index contributed by atoms with van der Waals surface area (Å²) >= 11 is 0. The zero-order valence-corrected chi connectivity index (χ0v) is 9.55. The molecule has 0 saturated carbocycles. The highest BCUT2D eigenvalue weighted by atomic mass is 19.2. The van der Waals surface area contributed by atoms with Gasteiger partial charge in [0, 0.05) is 38.3 Å². The number of rotatable bonds is 3. The molecule has 0 unspecified atom stereocenters. The molecule has 1 aliphatic heterocycles. The summed E-state index contributed by atoms with van der Waals surface area (Å²) in [6.45, 7) is 4.26. The van der Waals surface area contributed by atoms with Gasteiger partial charge in [0.1, 0.15) is 5.75 Å². The van der Waals surface area contributed by atoms with E-state index in [0.717, 1.165) is 32.2 Å². The molecule has 1 aliphatic rings. The van der Waals surface area contributed by atoms with Crippen LogP contribution in [0.25, 0.3) is 0 Å². The molecular formula is C12H16F2N2O. The fraction of sp³-hybridized carbons (Fsp3) is 0.500. The van der Waals surface area contributed by atoms with Gasteiger partial charge in [0.15, 0.2) is 11.6 Å². The van der Waals surface area contributed by atoms with Gasteiger partial charge in [-0.1, -0.05) is 0 Å². The first kappa shape index (κ1) is 12.3. The Labute approximate surface area is 99.1 Å². The van der Waals surface area contributed by atoms with Gasteiger partial charge in [-0.25, -0.2) is 8.78 Å². The second-order valence-corrected chi connectivity index (χ2v) is 4.20. The number of nitrogens with zero attached hydrogens (tertiary/aromatic N) is 1. The van der Waals surface area contributed by atoms with Crippen LogP contribution in [0.5, 0.6) is 5.75 Å². The molecule has 0 atom stereocenters. The lowest BCUT2D eigenvalue weighted by Crippen LogP contribution is -2.44. The number of benzene rings is 1. The standard InChI is InChI=1S/C12H16F2N2O/c13-10-1-2-11(17)9(12(10)14)3-6-16-7-4-15-5-8-16/h1-2,15,17H,3-8H2. The Balaban J connectivity index is 2.00. The second kappa shape index (κ2) is 5.42. The fourth-order valence-electron chi connectivity index (χ4n) is 2.02. The van der Waals surface area contributed by atoms with E-state index in [0.29, 0.717) is 13.0 Å². The van der Waals surface area contributed by atoms with E-state index >= 15 is 0 Å². The molecule has 0 radical (unpaired) electrons. The van der Waals surface area contributed by atoms with Gasteiger partial charge < -0.3 is 15.3 Å². The molecule has 1 aromatic rings. The molecule has 17 heavy (non-hydrogen) atoms. The summed E-state index contributed by atoms with van der Waals surface area (Å²) in [4.78, 5) is 2.17. The number of nitrogens with one attached hydrogen (secondary N) is 1. The van der Waals surface area contributed by atoms with Crippen molar-refractivity contribution >= 4 is 0 Å².